The van der Waals surface area contributed by atoms with Gasteiger partial charge in [0.15, 0.2) is 5.11 Å². The fourth-order valence-electron chi connectivity index (χ4n) is 4.45. The van der Waals surface area contributed by atoms with Gasteiger partial charge in [0.1, 0.15) is 5.82 Å². The fraction of sp³-hybridized carbons (Fsp3) is 0.381. The number of aromatic nitrogens is 2. The predicted octanol–water partition coefficient (Wildman–Crippen LogP) is 2.09. The Labute approximate surface area is 175 Å². The average molecular weight is 404 g/mol. The van der Waals surface area contributed by atoms with Gasteiger partial charge in [0.05, 0.1) is 23.0 Å². The van der Waals surface area contributed by atoms with Crippen molar-refractivity contribution in [3.05, 3.63) is 53.5 Å². The summed E-state index contributed by atoms with van der Waals surface area (Å²) >= 11 is 5.55. The second kappa shape index (κ2) is 7.08. The number of nitrogens with one attached hydrogen (secondary N) is 1. The highest BCUT2D eigenvalue weighted by atomic mass is 32.1. The van der Waals surface area contributed by atoms with Crippen LogP contribution in [0.3, 0.4) is 0 Å². The highest BCUT2D eigenvalue weighted by Crippen LogP contribution is 2.41. The van der Waals surface area contributed by atoms with E-state index in [0.717, 1.165) is 62.7 Å². The second-order valence-corrected chi connectivity index (χ2v) is 8.45. The Bertz CT molecular complexity index is 1030. The summed E-state index contributed by atoms with van der Waals surface area (Å²) in [7, 11) is 0. The van der Waals surface area contributed by atoms with Crippen LogP contribution in [0.4, 0.5) is 5.82 Å². The van der Waals surface area contributed by atoms with Gasteiger partial charge in [-0.2, -0.15) is 10.4 Å². The third-order valence-electron chi connectivity index (χ3n) is 5.90. The lowest BCUT2D eigenvalue weighted by atomic mass is 9.73. The zero-order valence-corrected chi connectivity index (χ0v) is 16.8. The molecule has 3 aliphatic rings. The number of pyridine rings is 2. The maximum Gasteiger partial charge on any atom is 0.189 e. The van der Waals surface area contributed by atoms with Crippen LogP contribution < -0.4 is 10.3 Å². The molecule has 0 radical (unpaired) electrons. The van der Waals surface area contributed by atoms with Crippen LogP contribution in [0, 0.1) is 16.7 Å². The van der Waals surface area contributed by atoms with Crippen LogP contribution in [0.15, 0.2) is 41.8 Å². The largest absolute Gasteiger partial charge is 0.355 e. The Kier molecular flexibility index (Phi) is 4.40. The molecule has 0 unspecified atom stereocenters. The van der Waals surface area contributed by atoms with Crippen LogP contribution in [0.5, 0.6) is 0 Å². The van der Waals surface area contributed by atoms with Crippen molar-refractivity contribution >= 4 is 28.9 Å². The molecule has 1 aliphatic carbocycles. The second-order valence-electron chi connectivity index (χ2n) is 8.07. The van der Waals surface area contributed by atoms with Crippen molar-refractivity contribution in [2.24, 2.45) is 10.5 Å². The van der Waals surface area contributed by atoms with Crippen molar-refractivity contribution in [3.63, 3.8) is 0 Å². The first-order valence-electron chi connectivity index (χ1n) is 9.83. The Morgan fingerprint density at radius 3 is 2.86 bits per heavy atom. The number of nitrogens with zero attached hydrogens (tertiary/aromatic N) is 6. The molecule has 29 heavy (non-hydrogen) atoms. The first-order valence-corrected chi connectivity index (χ1v) is 10.2. The van der Waals surface area contributed by atoms with Crippen molar-refractivity contribution in [1.82, 2.24) is 20.3 Å². The maximum atomic E-state index is 9.05. The van der Waals surface area contributed by atoms with Crippen LogP contribution in [0.2, 0.25) is 0 Å². The topological polar surface area (TPSA) is 80.4 Å². The fourth-order valence-corrected chi connectivity index (χ4v) is 4.63. The molecular weight excluding hydrogens is 382 g/mol. The number of fused-ring (bicyclic) bond motifs is 1. The number of aryl methyl sites for hydroxylation is 1. The van der Waals surface area contributed by atoms with E-state index in [9.17, 15) is 0 Å². The minimum Gasteiger partial charge on any atom is -0.355 e. The van der Waals surface area contributed by atoms with Gasteiger partial charge < -0.3 is 9.80 Å². The Hall–Kier alpha value is -3.05. The summed E-state index contributed by atoms with van der Waals surface area (Å²) in [6.07, 6.45) is 6.59. The number of hydrazone groups is 1. The molecule has 2 aromatic rings. The van der Waals surface area contributed by atoms with Gasteiger partial charge in [0.2, 0.25) is 0 Å². The van der Waals surface area contributed by atoms with Gasteiger partial charge in [0.25, 0.3) is 0 Å². The molecule has 8 heteroatoms. The van der Waals surface area contributed by atoms with Crippen LogP contribution in [0.25, 0.3) is 0 Å². The first kappa shape index (κ1) is 18.0. The van der Waals surface area contributed by atoms with E-state index in [4.69, 9.17) is 17.5 Å². The number of likely N-dealkylation sites (tertiary alicyclic amines) is 1. The SMILES string of the molecule is N#Cc1ccnc(N2CC3(CN(C(=S)N/N=C4/CCCc5cccnc54)C3)C2)c1. The van der Waals surface area contributed by atoms with Crippen molar-refractivity contribution in [2.45, 2.75) is 19.3 Å². The molecule has 2 saturated heterocycles. The third-order valence-corrected chi connectivity index (χ3v) is 6.25. The summed E-state index contributed by atoms with van der Waals surface area (Å²) in [4.78, 5) is 13.3. The molecule has 4 heterocycles. The Morgan fingerprint density at radius 1 is 1.17 bits per heavy atom. The average Bonchev–Trinajstić information content (AvgIpc) is 2.70. The van der Waals surface area contributed by atoms with E-state index in [2.05, 4.69) is 42.4 Å². The number of anilines is 1. The molecule has 0 bridgehead atoms. The van der Waals surface area contributed by atoms with Gasteiger partial charge in [0, 0.05) is 44.0 Å². The Morgan fingerprint density at radius 2 is 2.03 bits per heavy atom. The van der Waals surface area contributed by atoms with Gasteiger partial charge in [-0.15, -0.1) is 0 Å². The van der Waals surface area contributed by atoms with Crippen molar-refractivity contribution in [3.8, 4) is 6.07 Å². The molecule has 146 valence electrons. The van der Waals surface area contributed by atoms with Crippen LogP contribution in [0.1, 0.15) is 29.7 Å². The van der Waals surface area contributed by atoms with Gasteiger partial charge in [-0.3, -0.25) is 10.4 Å². The van der Waals surface area contributed by atoms with Gasteiger partial charge in [-0.05, 0) is 55.2 Å². The summed E-state index contributed by atoms with van der Waals surface area (Å²) in [5.74, 6) is 0.878. The molecule has 0 atom stereocenters. The quantitative estimate of drug-likeness (QED) is 0.607. The number of hydrogen-bond donors (Lipinski definition) is 1. The normalized spacial score (nSPS) is 20.4. The number of nitriles is 1. The summed E-state index contributed by atoms with van der Waals surface area (Å²) in [6, 6.07) is 9.85. The minimum absolute atomic E-state index is 0.266. The minimum atomic E-state index is 0.266. The summed E-state index contributed by atoms with van der Waals surface area (Å²) in [6.45, 7) is 3.74. The van der Waals surface area contributed by atoms with Gasteiger partial charge in [-0.1, -0.05) is 6.07 Å². The van der Waals surface area contributed by atoms with E-state index in [1.165, 1.54) is 5.56 Å². The first-order chi connectivity index (χ1) is 14.2. The van der Waals surface area contributed by atoms with Crippen molar-refractivity contribution in [1.29, 1.82) is 5.26 Å². The van der Waals surface area contributed by atoms with E-state index in [1.54, 1.807) is 12.3 Å². The van der Waals surface area contributed by atoms with Gasteiger partial charge >= 0.3 is 0 Å². The molecule has 0 saturated carbocycles. The van der Waals surface area contributed by atoms with E-state index in [1.807, 2.05) is 18.3 Å². The van der Waals surface area contributed by atoms with E-state index < -0.39 is 0 Å². The summed E-state index contributed by atoms with van der Waals surface area (Å²) in [5.41, 5.74) is 7.24. The monoisotopic (exact) mass is 403 g/mol. The zero-order chi connectivity index (χ0) is 19.8. The molecule has 2 aromatic heterocycles. The van der Waals surface area contributed by atoms with Crippen LogP contribution >= 0.6 is 12.2 Å². The molecular formula is C21H21N7S. The smallest absolute Gasteiger partial charge is 0.189 e. The molecule has 2 aliphatic heterocycles. The van der Waals surface area contributed by atoms with E-state index in [0.29, 0.717) is 10.7 Å². The molecule has 0 amide bonds. The maximum absolute atomic E-state index is 9.05. The van der Waals surface area contributed by atoms with Crippen LogP contribution in [-0.2, 0) is 6.42 Å². The molecule has 5 rings (SSSR count). The highest BCUT2D eigenvalue weighted by Gasteiger charge is 2.52. The molecule has 1 N–H and O–H groups in total. The lowest BCUT2D eigenvalue weighted by molar-refractivity contribution is 0.0283. The predicted molar refractivity (Wildman–Crippen MR) is 115 cm³/mol. The molecule has 2 fully saturated rings. The molecule has 0 aromatic carbocycles. The lowest BCUT2D eigenvalue weighted by Crippen LogP contribution is -2.73. The Balaban J connectivity index is 1.16. The lowest BCUT2D eigenvalue weighted by Gasteiger charge is -2.60. The number of rotatable bonds is 2. The number of hydrogen-bond acceptors (Lipinski definition) is 6. The van der Waals surface area contributed by atoms with E-state index >= 15 is 0 Å². The molecule has 1 spiro atoms. The summed E-state index contributed by atoms with van der Waals surface area (Å²) in [5, 5.41) is 14.3. The highest BCUT2D eigenvalue weighted by molar-refractivity contribution is 7.80. The summed E-state index contributed by atoms with van der Waals surface area (Å²) < 4.78 is 0. The number of thiocarbonyl (C=S) groups is 1. The van der Waals surface area contributed by atoms with E-state index in [-0.39, 0.29) is 5.41 Å². The molecule has 7 nitrogen and oxygen atoms in total. The van der Waals surface area contributed by atoms with Crippen molar-refractivity contribution in [2.75, 3.05) is 31.1 Å². The standard InChI is InChI=1S/C21H21N7S/c22-10-15-6-8-23-18(9-15)27-11-21(12-27)13-28(14-21)20(29)26-25-17-5-1-3-16-4-2-7-24-19(16)17/h2,4,6-9H,1,3,5,11-14H2,(H,26,29)/b25-17-. The zero-order valence-electron chi connectivity index (χ0n) is 16.0. The van der Waals surface area contributed by atoms with Gasteiger partial charge in [-0.25, -0.2) is 4.98 Å². The third kappa shape index (κ3) is 3.32. The van der Waals surface area contributed by atoms with Crippen LogP contribution in [-0.4, -0.2) is 51.9 Å². The van der Waals surface area contributed by atoms with Crippen molar-refractivity contribution < 1.29 is 0 Å².